The second-order valence-electron chi connectivity index (χ2n) is 4.16. The third-order valence-corrected chi connectivity index (χ3v) is 2.67. The largest absolute Gasteiger partial charge is 0.423 e. The van der Waals surface area contributed by atoms with E-state index in [-0.39, 0.29) is 0 Å². The molecule has 0 saturated carbocycles. The first kappa shape index (κ1) is 13.8. The lowest BCUT2D eigenvalue weighted by Gasteiger charge is -2.06. The average Bonchev–Trinajstić information content (AvgIpc) is 2.48. The van der Waals surface area contributed by atoms with Gasteiger partial charge in [-0.1, -0.05) is 12.1 Å². The Bertz CT molecular complexity index is 642. The summed E-state index contributed by atoms with van der Waals surface area (Å²) in [7, 11) is 1.60. The molecule has 0 aliphatic rings. The number of benzene rings is 2. The van der Waals surface area contributed by atoms with E-state index in [1.807, 2.05) is 12.1 Å². The molecule has 0 aliphatic heterocycles. The molecule has 2 aromatic carbocycles. The van der Waals surface area contributed by atoms with E-state index in [1.165, 1.54) is 0 Å². The summed E-state index contributed by atoms with van der Waals surface area (Å²) in [6, 6.07) is 15.5. The smallest absolute Gasteiger partial charge is 0.343 e. The molecule has 2 aromatic rings. The topological polar surface area (TPSA) is 59.3 Å². The van der Waals surface area contributed by atoms with Gasteiger partial charge in [0.25, 0.3) is 0 Å². The van der Waals surface area contributed by atoms with E-state index in [2.05, 4.69) is 0 Å². The summed E-state index contributed by atoms with van der Waals surface area (Å²) in [5, 5.41) is 8.70. The second-order valence-corrected chi connectivity index (χ2v) is 4.16. The standard InChI is InChI=1S/C16H13NO3/c1-19-11-13-3-2-4-14(9-13)16(18)20-15-7-5-12(10-17)6-8-15/h2-9H,11H2,1H3. The van der Waals surface area contributed by atoms with Gasteiger partial charge in [0.05, 0.1) is 23.8 Å². The molecule has 20 heavy (non-hydrogen) atoms. The highest BCUT2D eigenvalue weighted by Crippen LogP contribution is 2.15. The highest BCUT2D eigenvalue weighted by molar-refractivity contribution is 5.91. The fourth-order valence-corrected chi connectivity index (χ4v) is 1.72. The van der Waals surface area contributed by atoms with Crippen molar-refractivity contribution in [3.8, 4) is 11.8 Å². The van der Waals surface area contributed by atoms with Crippen molar-refractivity contribution >= 4 is 5.97 Å². The third kappa shape index (κ3) is 3.44. The minimum absolute atomic E-state index is 0.408. The maximum absolute atomic E-state index is 12.0. The summed E-state index contributed by atoms with van der Waals surface area (Å²) in [6.07, 6.45) is 0. The van der Waals surface area contributed by atoms with E-state index in [0.717, 1.165) is 5.56 Å². The lowest BCUT2D eigenvalue weighted by molar-refractivity contribution is 0.0734. The fraction of sp³-hybridized carbons (Fsp3) is 0.125. The predicted molar refractivity (Wildman–Crippen MR) is 73.3 cm³/mol. The Morgan fingerprint density at radius 3 is 2.60 bits per heavy atom. The minimum atomic E-state index is -0.437. The van der Waals surface area contributed by atoms with Crippen LogP contribution >= 0.6 is 0 Å². The summed E-state index contributed by atoms with van der Waals surface area (Å²) in [6.45, 7) is 0.442. The molecule has 2 rings (SSSR count). The van der Waals surface area contributed by atoms with Crippen LogP contribution < -0.4 is 4.74 Å². The zero-order valence-corrected chi connectivity index (χ0v) is 11.0. The first-order valence-corrected chi connectivity index (χ1v) is 6.03. The molecule has 0 aliphatic carbocycles. The number of hydrogen-bond donors (Lipinski definition) is 0. The van der Waals surface area contributed by atoms with Crippen LogP contribution in [-0.2, 0) is 11.3 Å². The normalized spacial score (nSPS) is 9.80. The van der Waals surface area contributed by atoms with Gasteiger partial charge >= 0.3 is 5.97 Å². The fourth-order valence-electron chi connectivity index (χ4n) is 1.72. The second kappa shape index (κ2) is 6.50. The van der Waals surface area contributed by atoms with Gasteiger partial charge in [-0.3, -0.25) is 0 Å². The molecule has 0 fully saturated rings. The molecule has 0 spiro atoms. The first-order chi connectivity index (χ1) is 9.72. The Kier molecular flexibility index (Phi) is 4.48. The molecule has 4 nitrogen and oxygen atoms in total. The molecular weight excluding hydrogens is 254 g/mol. The van der Waals surface area contributed by atoms with Crippen LogP contribution in [0.3, 0.4) is 0 Å². The molecule has 0 atom stereocenters. The minimum Gasteiger partial charge on any atom is -0.423 e. The van der Waals surface area contributed by atoms with Crippen LogP contribution in [0.2, 0.25) is 0 Å². The van der Waals surface area contributed by atoms with Gasteiger partial charge in [0, 0.05) is 7.11 Å². The number of rotatable bonds is 4. The molecule has 0 unspecified atom stereocenters. The molecule has 100 valence electrons. The first-order valence-electron chi connectivity index (χ1n) is 6.03. The number of ether oxygens (including phenoxy) is 2. The Labute approximate surface area is 117 Å². The lowest BCUT2D eigenvalue weighted by atomic mass is 10.1. The summed E-state index contributed by atoms with van der Waals surface area (Å²) in [4.78, 5) is 12.0. The van der Waals surface area contributed by atoms with Gasteiger partial charge in [0.2, 0.25) is 0 Å². The molecular formula is C16H13NO3. The van der Waals surface area contributed by atoms with Crippen molar-refractivity contribution < 1.29 is 14.3 Å². The molecule has 4 heteroatoms. The van der Waals surface area contributed by atoms with Crippen LogP contribution in [-0.4, -0.2) is 13.1 Å². The Morgan fingerprint density at radius 2 is 1.95 bits per heavy atom. The van der Waals surface area contributed by atoms with E-state index in [9.17, 15) is 4.79 Å². The third-order valence-electron chi connectivity index (χ3n) is 2.67. The summed E-state index contributed by atoms with van der Waals surface area (Å²) >= 11 is 0. The maximum Gasteiger partial charge on any atom is 0.343 e. The highest BCUT2D eigenvalue weighted by atomic mass is 16.5. The number of carbonyl (C=O) groups excluding carboxylic acids is 1. The highest BCUT2D eigenvalue weighted by Gasteiger charge is 2.09. The van der Waals surface area contributed by atoms with Crippen LogP contribution in [0.5, 0.6) is 5.75 Å². The summed E-state index contributed by atoms with van der Waals surface area (Å²) in [5.74, 6) is -0.0289. The monoisotopic (exact) mass is 267 g/mol. The molecule has 0 heterocycles. The van der Waals surface area contributed by atoms with E-state index < -0.39 is 5.97 Å². The number of carbonyl (C=O) groups is 1. The van der Waals surface area contributed by atoms with Crippen LogP contribution in [0.15, 0.2) is 48.5 Å². The Hall–Kier alpha value is -2.64. The van der Waals surface area contributed by atoms with Gasteiger partial charge in [-0.25, -0.2) is 4.79 Å². The number of nitrogens with zero attached hydrogens (tertiary/aromatic N) is 1. The van der Waals surface area contributed by atoms with Gasteiger partial charge in [0.15, 0.2) is 0 Å². The van der Waals surface area contributed by atoms with Gasteiger partial charge in [-0.15, -0.1) is 0 Å². The predicted octanol–water partition coefficient (Wildman–Crippen LogP) is 2.92. The SMILES string of the molecule is COCc1cccc(C(=O)Oc2ccc(C#N)cc2)c1. The number of hydrogen-bond acceptors (Lipinski definition) is 4. The van der Waals surface area contributed by atoms with Gasteiger partial charge in [-0.2, -0.15) is 5.26 Å². The summed E-state index contributed by atoms with van der Waals surface area (Å²) in [5.41, 5.74) is 1.89. The van der Waals surface area contributed by atoms with E-state index >= 15 is 0 Å². The van der Waals surface area contributed by atoms with Crippen molar-refractivity contribution in [2.75, 3.05) is 7.11 Å². The number of methoxy groups -OCH3 is 1. The van der Waals surface area contributed by atoms with Crippen LogP contribution in [0.4, 0.5) is 0 Å². The molecule has 0 N–H and O–H groups in total. The summed E-state index contributed by atoms with van der Waals surface area (Å²) < 4.78 is 10.3. The molecule has 0 radical (unpaired) electrons. The zero-order valence-electron chi connectivity index (χ0n) is 11.0. The Balaban J connectivity index is 2.11. The molecule has 0 saturated heterocycles. The lowest BCUT2D eigenvalue weighted by Crippen LogP contribution is -2.08. The van der Waals surface area contributed by atoms with Crippen molar-refractivity contribution in [1.82, 2.24) is 0 Å². The molecule has 0 amide bonds. The van der Waals surface area contributed by atoms with Crippen molar-refractivity contribution in [3.63, 3.8) is 0 Å². The van der Waals surface area contributed by atoms with Crippen LogP contribution in [0.25, 0.3) is 0 Å². The molecule has 0 bridgehead atoms. The quantitative estimate of drug-likeness (QED) is 0.631. The zero-order chi connectivity index (χ0) is 14.4. The van der Waals surface area contributed by atoms with Gasteiger partial charge in [0.1, 0.15) is 5.75 Å². The number of nitriles is 1. The van der Waals surface area contributed by atoms with Gasteiger partial charge in [-0.05, 0) is 42.0 Å². The van der Waals surface area contributed by atoms with Crippen molar-refractivity contribution in [2.45, 2.75) is 6.61 Å². The maximum atomic E-state index is 12.0. The molecule has 0 aromatic heterocycles. The van der Waals surface area contributed by atoms with Gasteiger partial charge < -0.3 is 9.47 Å². The van der Waals surface area contributed by atoms with Crippen molar-refractivity contribution in [3.05, 3.63) is 65.2 Å². The number of esters is 1. The van der Waals surface area contributed by atoms with Crippen LogP contribution in [0, 0.1) is 11.3 Å². The van der Waals surface area contributed by atoms with E-state index in [4.69, 9.17) is 14.7 Å². The van der Waals surface area contributed by atoms with Crippen molar-refractivity contribution in [1.29, 1.82) is 5.26 Å². The van der Waals surface area contributed by atoms with Crippen LogP contribution in [0.1, 0.15) is 21.5 Å². The van der Waals surface area contributed by atoms with E-state index in [0.29, 0.717) is 23.5 Å². The average molecular weight is 267 g/mol. The Morgan fingerprint density at radius 1 is 1.20 bits per heavy atom. The van der Waals surface area contributed by atoms with Crippen molar-refractivity contribution in [2.24, 2.45) is 0 Å². The van der Waals surface area contributed by atoms with E-state index in [1.54, 1.807) is 49.6 Å².